The van der Waals surface area contributed by atoms with Crippen LogP contribution in [0.15, 0.2) is 71.2 Å². The molecule has 3 aromatic carbocycles. The Morgan fingerprint density at radius 2 is 1.74 bits per heavy atom. The molecule has 2 atom stereocenters. The number of aromatic hydroxyl groups is 1. The maximum absolute atomic E-state index is 12.9. The van der Waals surface area contributed by atoms with Crippen LogP contribution < -0.4 is 0 Å². The van der Waals surface area contributed by atoms with Crippen LogP contribution in [0.3, 0.4) is 0 Å². The molecule has 3 aromatic rings. The zero-order valence-electron chi connectivity index (χ0n) is 18.4. The second kappa shape index (κ2) is 8.89. The molecule has 1 fully saturated rings. The smallest absolute Gasteiger partial charge is 0.162 e. The van der Waals surface area contributed by atoms with Crippen LogP contribution in [0.1, 0.15) is 44.7 Å². The van der Waals surface area contributed by atoms with E-state index in [4.69, 9.17) is 0 Å². The summed E-state index contributed by atoms with van der Waals surface area (Å²) >= 11 is 0. The maximum Gasteiger partial charge on any atom is 0.162 e. The predicted octanol–water partition coefficient (Wildman–Crippen LogP) is 6.95. The molecule has 0 heterocycles. The number of hydrogen-bond donors (Lipinski definition) is 1. The summed E-state index contributed by atoms with van der Waals surface area (Å²) in [5.41, 5.74) is 3.48. The number of phenols is 1. The lowest BCUT2D eigenvalue weighted by Gasteiger charge is -2.30. The van der Waals surface area contributed by atoms with Gasteiger partial charge >= 0.3 is 0 Å². The van der Waals surface area contributed by atoms with Gasteiger partial charge in [-0.05, 0) is 70.9 Å². The standard InChI is InChI=1S/C28H29NO2/c1-18(2)23-14-8-19(3)25(28(23)31)16-20-9-12-22(13-10-20)29-17-26-24-7-5-4-6-21(24)11-15-27(26)30/h4-7,9-13,15-19,23,30H,8,14H2,1-3H3/t19-,23+/m1/s1. The van der Waals surface area contributed by atoms with E-state index in [9.17, 15) is 9.90 Å². The number of benzene rings is 3. The van der Waals surface area contributed by atoms with Crippen molar-refractivity contribution in [2.45, 2.75) is 33.6 Å². The van der Waals surface area contributed by atoms with E-state index < -0.39 is 0 Å². The first-order valence-corrected chi connectivity index (χ1v) is 11.0. The van der Waals surface area contributed by atoms with Crippen LogP contribution >= 0.6 is 0 Å². The molecule has 1 aliphatic rings. The van der Waals surface area contributed by atoms with E-state index in [1.807, 2.05) is 60.7 Å². The molecule has 3 nitrogen and oxygen atoms in total. The largest absolute Gasteiger partial charge is 0.507 e. The monoisotopic (exact) mass is 411 g/mol. The molecule has 4 rings (SSSR count). The van der Waals surface area contributed by atoms with Crippen LogP contribution in [0.4, 0.5) is 5.69 Å². The number of fused-ring (bicyclic) bond motifs is 1. The van der Waals surface area contributed by atoms with Gasteiger partial charge in [0.1, 0.15) is 5.75 Å². The van der Waals surface area contributed by atoms with Gasteiger partial charge in [0.15, 0.2) is 5.78 Å². The molecule has 158 valence electrons. The van der Waals surface area contributed by atoms with Gasteiger partial charge in [0, 0.05) is 17.7 Å². The molecule has 0 saturated heterocycles. The van der Waals surface area contributed by atoms with Crippen LogP contribution in [0.2, 0.25) is 0 Å². The molecule has 0 spiro atoms. The molecule has 0 bridgehead atoms. The van der Waals surface area contributed by atoms with Gasteiger partial charge < -0.3 is 5.11 Å². The molecule has 31 heavy (non-hydrogen) atoms. The van der Waals surface area contributed by atoms with E-state index in [0.29, 0.717) is 23.2 Å². The van der Waals surface area contributed by atoms with Gasteiger partial charge in [0.05, 0.1) is 5.69 Å². The molecule has 1 saturated carbocycles. The molecule has 1 aliphatic carbocycles. The van der Waals surface area contributed by atoms with Crippen molar-refractivity contribution in [1.82, 2.24) is 0 Å². The lowest BCUT2D eigenvalue weighted by atomic mass is 9.73. The highest BCUT2D eigenvalue weighted by molar-refractivity contribution is 6.03. The Morgan fingerprint density at radius 1 is 1.00 bits per heavy atom. The summed E-state index contributed by atoms with van der Waals surface area (Å²) in [7, 11) is 0. The third-order valence-corrected chi connectivity index (χ3v) is 6.37. The molecule has 0 aliphatic heterocycles. The number of allylic oxidation sites excluding steroid dienone is 1. The first kappa shape index (κ1) is 21.0. The average molecular weight is 412 g/mol. The van der Waals surface area contributed by atoms with Crippen molar-refractivity contribution >= 4 is 34.5 Å². The summed E-state index contributed by atoms with van der Waals surface area (Å²) in [6, 6.07) is 19.4. The van der Waals surface area contributed by atoms with Crippen molar-refractivity contribution in [3.63, 3.8) is 0 Å². The predicted molar refractivity (Wildman–Crippen MR) is 129 cm³/mol. The summed E-state index contributed by atoms with van der Waals surface area (Å²) in [5, 5.41) is 12.3. The number of ketones is 1. The highest BCUT2D eigenvalue weighted by atomic mass is 16.3. The normalized spacial score (nSPS) is 20.9. The molecule has 0 aromatic heterocycles. The molecular formula is C28H29NO2. The maximum atomic E-state index is 12.9. The second-order valence-electron chi connectivity index (χ2n) is 8.86. The number of carbonyl (C=O) groups excluding carboxylic acids is 1. The van der Waals surface area contributed by atoms with Gasteiger partial charge in [-0.3, -0.25) is 9.79 Å². The Labute approximate surface area is 184 Å². The van der Waals surface area contributed by atoms with E-state index in [0.717, 1.165) is 40.4 Å². The van der Waals surface area contributed by atoms with Crippen LogP contribution in [-0.4, -0.2) is 17.1 Å². The number of rotatable bonds is 4. The van der Waals surface area contributed by atoms with Crippen LogP contribution in [0.5, 0.6) is 5.75 Å². The van der Waals surface area contributed by atoms with Crippen molar-refractivity contribution in [3.8, 4) is 5.75 Å². The van der Waals surface area contributed by atoms with E-state index >= 15 is 0 Å². The topological polar surface area (TPSA) is 49.7 Å². The molecule has 0 unspecified atom stereocenters. The minimum atomic E-state index is 0.139. The third-order valence-electron chi connectivity index (χ3n) is 6.37. The minimum Gasteiger partial charge on any atom is -0.507 e. The number of hydrogen-bond acceptors (Lipinski definition) is 3. The van der Waals surface area contributed by atoms with Crippen LogP contribution in [0.25, 0.3) is 16.8 Å². The Bertz CT molecular complexity index is 1160. The molecule has 0 radical (unpaired) electrons. The molecule has 0 amide bonds. The first-order valence-electron chi connectivity index (χ1n) is 11.0. The Morgan fingerprint density at radius 3 is 2.48 bits per heavy atom. The van der Waals surface area contributed by atoms with Gasteiger partial charge in [0.25, 0.3) is 0 Å². The zero-order chi connectivity index (χ0) is 22.0. The Balaban J connectivity index is 1.57. The lowest BCUT2D eigenvalue weighted by molar-refractivity contribution is -0.122. The summed E-state index contributed by atoms with van der Waals surface area (Å²) in [5.74, 6) is 1.34. The number of nitrogens with zero attached hydrogens (tertiary/aromatic N) is 1. The average Bonchev–Trinajstić information content (AvgIpc) is 2.76. The van der Waals surface area contributed by atoms with Crippen molar-refractivity contribution in [2.75, 3.05) is 0 Å². The van der Waals surface area contributed by atoms with E-state index in [1.165, 1.54) is 0 Å². The van der Waals surface area contributed by atoms with E-state index in [-0.39, 0.29) is 11.7 Å². The summed E-state index contributed by atoms with van der Waals surface area (Å²) in [4.78, 5) is 17.5. The van der Waals surface area contributed by atoms with Gasteiger partial charge in [0.2, 0.25) is 0 Å². The van der Waals surface area contributed by atoms with Gasteiger partial charge in [-0.25, -0.2) is 0 Å². The van der Waals surface area contributed by atoms with E-state index in [2.05, 4.69) is 25.8 Å². The van der Waals surface area contributed by atoms with Crippen molar-refractivity contribution in [2.24, 2.45) is 22.7 Å². The minimum absolute atomic E-state index is 0.139. The summed E-state index contributed by atoms with van der Waals surface area (Å²) < 4.78 is 0. The molecule has 3 heteroatoms. The number of phenolic OH excluding ortho intramolecular Hbond substituents is 1. The van der Waals surface area contributed by atoms with Crippen LogP contribution in [-0.2, 0) is 4.79 Å². The second-order valence-corrected chi connectivity index (χ2v) is 8.86. The highest BCUT2D eigenvalue weighted by Gasteiger charge is 2.32. The van der Waals surface area contributed by atoms with Crippen molar-refractivity contribution in [3.05, 3.63) is 77.4 Å². The van der Waals surface area contributed by atoms with Gasteiger partial charge in [-0.1, -0.05) is 63.2 Å². The first-order chi connectivity index (χ1) is 14.9. The van der Waals surface area contributed by atoms with Crippen LogP contribution in [0, 0.1) is 17.8 Å². The van der Waals surface area contributed by atoms with Crippen molar-refractivity contribution in [1.29, 1.82) is 0 Å². The number of carbonyl (C=O) groups is 1. The summed E-state index contributed by atoms with van der Waals surface area (Å²) in [6.07, 6.45) is 5.82. The summed E-state index contributed by atoms with van der Waals surface area (Å²) in [6.45, 7) is 6.42. The fraction of sp³-hybridized carbons (Fsp3) is 0.286. The van der Waals surface area contributed by atoms with E-state index in [1.54, 1.807) is 12.3 Å². The quantitative estimate of drug-likeness (QED) is 0.373. The number of Topliss-reactive ketones (excluding diaryl/α,β-unsaturated/α-hetero) is 1. The Hall–Kier alpha value is -3.20. The third kappa shape index (κ3) is 4.46. The fourth-order valence-electron chi connectivity index (χ4n) is 4.42. The highest BCUT2D eigenvalue weighted by Crippen LogP contribution is 2.35. The Kier molecular flexibility index (Phi) is 6.03. The van der Waals surface area contributed by atoms with Crippen molar-refractivity contribution < 1.29 is 9.90 Å². The van der Waals surface area contributed by atoms with Gasteiger partial charge in [-0.15, -0.1) is 0 Å². The SMILES string of the molecule is CC(C)[C@@H]1CC[C@@H](C)C(=Cc2ccc(N=Cc3c(O)ccc4ccccc34)cc2)C1=O. The van der Waals surface area contributed by atoms with Gasteiger partial charge in [-0.2, -0.15) is 0 Å². The number of aliphatic imine (C=N–C) groups is 1. The lowest BCUT2D eigenvalue weighted by Crippen LogP contribution is -2.30. The molecule has 1 N–H and O–H groups in total. The zero-order valence-corrected chi connectivity index (χ0v) is 18.4. The fourth-order valence-corrected chi connectivity index (χ4v) is 4.42. The molecular weight excluding hydrogens is 382 g/mol.